The van der Waals surface area contributed by atoms with Crippen molar-refractivity contribution >= 4 is 58.3 Å². The summed E-state index contributed by atoms with van der Waals surface area (Å²) in [6.07, 6.45) is 10.8. The monoisotopic (exact) mass is 1020 g/mol. The number of ether oxygens (including phenoxy) is 4. The van der Waals surface area contributed by atoms with Crippen molar-refractivity contribution in [2.75, 3.05) is 39.2 Å². The predicted molar refractivity (Wildman–Crippen MR) is 267 cm³/mol. The van der Waals surface area contributed by atoms with E-state index in [-0.39, 0.29) is 63.2 Å². The normalized spacial score (nSPS) is 33.3. The van der Waals surface area contributed by atoms with Crippen LogP contribution in [0.2, 0.25) is 0 Å². The molecule has 0 saturated heterocycles. The minimum Gasteiger partial charge on any atom is -1.00 e. The number of rotatable bonds is 16. The second-order valence-corrected chi connectivity index (χ2v) is 26.5. The number of allylic oxidation sites excluding steroid dienone is 1. The van der Waals surface area contributed by atoms with Crippen molar-refractivity contribution < 1.29 is 45.5 Å². The Balaban J connectivity index is 0.00000648. The Morgan fingerprint density at radius 3 is 1.79 bits per heavy atom. The van der Waals surface area contributed by atoms with Crippen LogP contribution < -0.4 is 32.9 Å². The molecule has 0 unspecified atom stereocenters. The molecule has 5 saturated carbocycles. The Hall–Kier alpha value is -2.25. The van der Waals surface area contributed by atoms with Crippen LogP contribution in [-0.2, 0) is 28.5 Å². The number of alkyl halides is 2. The summed E-state index contributed by atoms with van der Waals surface area (Å²) < 4.78 is 24.6. The Bertz CT molecular complexity index is 2040. The van der Waals surface area contributed by atoms with Gasteiger partial charge in [0, 0.05) is 5.41 Å². The summed E-state index contributed by atoms with van der Waals surface area (Å²) in [6, 6.07) is 32.7. The molecule has 5 fully saturated rings. The van der Waals surface area contributed by atoms with Crippen LogP contribution in [-0.4, -0.2) is 62.1 Å². The Kier molecular flexibility index (Phi) is 16.1. The van der Waals surface area contributed by atoms with Gasteiger partial charge in [0.15, 0.2) is 0 Å². The van der Waals surface area contributed by atoms with Crippen molar-refractivity contribution in [1.29, 1.82) is 0 Å². The quantitative estimate of drug-likeness (QED) is 0.0470. The molecule has 6 nitrogen and oxygen atoms in total. The maximum absolute atomic E-state index is 14.6. The van der Waals surface area contributed by atoms with E-state index in [1.807, 2.05) is 0 Å². The van der Waals surface area contributed by atoms with Crippen LogP contribution in [0.1, 0.15) is 106 Å². The fourth-order valence-electron chi connectivity index (χ4n) is 15.6. The molecule has 0 aliphatic heterocycles. The third kappa shape index (κ3) is 8.93. The fraction of sp³-hybridized carbons (Fsp3) is 0.607. The molecular formula is C56H74BrCl2O6P. The summed E-state index contributed by atoms with van der Waals surface area (Å²) in [5, 5.41) is 4.05. The largest absolute Gasteiger partial charge is 1.00 e. The van der Waals surface area contributed by atoms with Crippen LogP contribution >= 0.6 is 30.5 Å². The topological polar surface area (TPSA) is 71.1 Å². The Morgan fingerprint density at radius 2 is 1.23 bits per heavy atom. The minimum atomic E-state index is -1.96. The highest BCUT2D eigenvalue weighted by molar-refractivity contribution is 7.95. The zero-order valence-corrected chi connectivity index (χ0v) is 44.2. The van der Waals surface area contributed by atoms with Crippen LogP contribution in [0.15, 0.2) is 103 Å². The molecule has 5 aliphatic rings. The van der Waals surface area contributed by atoms with Crippen LogP contribution in [0, 0.1) is 56.7 Å². The number of benzene rings is 3. The molecule has 10 heteroatoms. The third-order valence-corrected chi connectivity index (χ3v) is 23.6. The summed E-state index contributed by atoms with van der Waals surface area (Å²) in [4.78, 5) is 26.0. The van der Waals surface area contributed by atoms with E-state index in [0.29, 0.717) is 50.1 Å². The van der Waals surface area contributed by atoms with Crippen molar-refractivity contribution in [3.05, 3.63) is 103 Å². The molecule has 3 aromatic rings. The van der Waals surface area contributed by atoms with Crippen LogP contribution in [0.4, 0.5) is 0 Å². The first-order chi connectivity index (χ1) is 31.1. The fourth-order valence-corrected chi connectivity index (χ4v) is 19.8. The molecule has 0 aromatic heterocycles. The summed E-state index contributed by atoms with van der Waals surface area (Å²) in [5.41, 5.74) is 0.865. The zero-order chi connectivity index (χ0) is 46.3. The molecule has 8 rings (SSSR count). The summed E-state index contributed by atoms with van der Waals surface area (Å²) in [6.45, 7) is 21.2. The third-order valence-electron chi connectivity index (χ3n) is 18.8. The van der Waals surface area contributed by atoms with Crippen molar-refractivity contribution in [2.24, 2.45) is 56.7 Å². The molecule has 360 valence electrons. The van der Waals surface area contributed by atoms with Crippen molar-refractivity contribution in [3.63, 3.8) is 0 Å². The lowest BCUT2D eigenvalue weighted by Gasteiger charge is -2.72. The van der Waals surface area contributed by atoms with E-state index >= 15 is 0 Å². The molecule has 66 heavy (non-hydrogen) atoms. The van der Waals surface area contributed by atoms with Gasteiger partial charge >= 0.3 is 11.9 Å². The van der Waals surface area contributed by atoms with Gasteiger partial charge in [0.05, 0.1) is 38.0 Å². The van der Waals surface area contributed by atoms with Gasteiger partial charge in [-0.1, -0.05) is 125 Å². The lowest BCUT2D eigenvalue weighted by Crippen LogP contribution is -3.00. The maximum atomic E-state index is 14.6. The number of fused-ring (bicyclic) bond motifs is 7. The number of hydrogen-bond acceptors (Lipinski definition) is 6. The lowest BCUT2D eigenvalue weighted by atomic mass is 9.32. The molecule has 10 atom stereocenters. The number of carbonyl (C=O) groups excluding carboxylic acids is 2. The zero-order valence-electron chi connectivity index (χ0n) is 40.3. The highest BCUT2D eigenvalue weighted by Gasteiger charge is 2.72. The first-order valence-corrected chi connectivity index (χ1v) is 27.4. The van der Waals surface area contributed by atoms with Gasteiger partial charge in [-0.3, -0.25) is 4.79 Å². The van der Waals surface area contributed by atoms with Crippen molar-refractivity contribution in [3.8, 4) is 0 Å². The second kappa shape index (κ2) is 20.6. The number of esters is 2. The van der Waals surface area contributed by atoms with Crippen molar-refractivity contribution in [1.82, 2.24) is 0 Å². The SMILES string of the molecule is C=C(C)[C@@H]1CC[C@]2(C(=O)OCCOCCOCC[P+](c3ccccc3)(c3ccccc3)c3ccccc3)CC[C@]3(C)[C@H](CC[C@@H]4[C@@]5(C)CC[C@H](OC(=O)C(Cl)Cl)C(C)(C)[C@@H]5CC[C@]43C)[C@@H]12.[Br-]. The average Bonchev–Trinajstić information content (AvgIpc) is 3.71. The number of hydrogen-bond donors (Lipinski definition) is 0. The summed E-state index contributed by atoms with van der Waals surface area (Å²) in [7, 11) is -1.96. The molecular weight excluding hydrogens is 950 g/mol. The molecule has 5 aliphatic carbocycles. The van der Waals surface area contributed by atoms with E-state index in [4.69, 9.17) is 42.1 Å². The van der Waals surface area contributed by atoms with E-state index in [0.717, 1.165) is 70.4 Å². The van der Waals surface area contributed by atoms with Crippen molar-refractivity contribution in [2.45, 2.75) is 117 Å². The van der Waals surface area contributed by atoms with Crippen LogP contribution in [0.5, 0.6) is 0 Å². The number of carbonyl (C=O) groups is 2. The van der Waals surface area contributed by atoms with E-state index in [1.54, 1.807) is 0 Å². The molecule has 0 spiro atoms. The summed E-state index contributed by atoms with van der Waals surface area (Å²) in [5.74, 6) is 1.38. The molecule has 0 N–H and O–H groups in total. The smallest absolute Gasteiger partial charge is 0.339 e. The predicted octanol–water partition coefficient (Wildman–Crippen LogP) is 8.93. The van der Waals surface area contributed by atoms with Crippen LogP contribution in [0.3, 0.4) is 0 Å². The first-order valence-electron chi connectivity index (χ1n) is 24.6. The van der Waals surface area contributed by atoms with Crippen LogP contribution in [0.25, 0.3) is 0 Å². The van der Waals surface area contributed by atoms with E-state index < -0.39 is 23.5 Å². The van der Waals surface area contributed by atoms with Gasteiger partial charge in [-0.05, 0) is 153 Å². The Labute approximate surface area is 417 Å². The first kappa shape index (κ1) is 51.6. The summed E-state index contributed by atoms with van der Waals surface area (Å²) >= 11 is 11.9. The molecule has 0 heterocycles. The molecule has 0 amide bonds. The number of halogens is 3. The van der Waals surface area contributed by atoms with E-state index in [9.17, 15) is 9.59 Å². The Morgan fingerprint density at radius 1 is 0.667 bits per heavy atom. The van der Waals surface area contributed by atoms with Gasteiger partial charge in [-0.25, -0.2) is 4.79 Å². The standard InChI is InChI=1S/C56H74Cl2O6P.BrH/c1-39(2)43-25-30-56(32-31-54(6)44(48(43)56)23-24-46-53(5)28-27-47(64-50(59)49(57)58)52(3,4)45(53)26-29-55(46,54)7)51(60)63-36-35-61-33-34-62-37-38-65(40-17-11-8-12-18-40,41-19-13-9-14-20-41)42-21-15-10-16-22-42;/h8-22,43-49H,1,23-38H2,2-7H3;1H/q+1;/p-1/t43-,44+,45-,46+,47-,48+,53-,54+,55+,56-;/m0./s1. The highest BCUT2D eigenvalue weighted by Crippen LogP contribution is 2.77. The minimum absolute atomic E-state index is 0. The van der Waals surface area contributed by atoms with Gasteiger partial charge in [-0.15, -0.1) is 0 Å². The second-order valence-electron chi connectivity index (χ2n) is 21.8. The van der Waals surface area contributed by atoms with Gasteiger partial charge in [0.25, 0.3) is 0 Å². The van der Waals surface area contributed by atoms with Gasteiger partial charge < -0.3 is 35.9 Å². The average molecular weight is 1020 g/mol. The highest BCUT2D eigenvalue weighted by atomic mass is 79.9. The lowest BCUT2D eigenvalue weighted by molar-refractivity contribution is -0.250. The van der Waals surface area contributed by atoms with Gasteiger partial charge in [0.2, 0.25) is 4.84 Å². The van der Waals surface area contributed by atoms with E-state index in [2.05, 4.69) is 139 Å². The molecule has 3 aromatic carbocycles. The van der Waals surface area contributed by atoms with E-state index in [1.165, 1.54) is 21.5 Å². The van der Waals surface area contributed by atoms with Gasteiger partial charge in [-0.2, -0.15) is 0 Å². The molecule has 0 bridgehead atoms. The van der Waals surface area contributed by atoms with Gasteiger partial charge in [0.1, 0.15) is 35.9 Å². The molecule has 0 radical (unpaired) electrons. The maximum Gasteiger partial charge on any atom is 0.339 e.